The first-order chi connectivity index (χ1) is 12.8. The molecule has 5 nitrogen and oxygen atoms in total. The van der Waals surface area contributed by atoms with Gasteiger partial charge in [-0.15, -0.1) is 0 Å². The Labute approximate surface area is 152 Å². The van der Waals surface area contributed by atoms with Crippen LogP contribution in [0.4, 0.5) is 0 Å². The minimum absolute atomic E-state index is 0.423. The molecule has 0 N–H and O–H groups in total. The number of hydrogen-bond acceptors (Lipinski definition) is 5. The smallest absolute Gasteiger partial charge is 0.169 e. The van der Waals surface area contributed by atoms with Crippen LogP contribution in [0.3, 0.4) is 0 Å². The Hall–Kier alpha value is -2.97. The van der Waals surface area contributed by atoms with Gasteiger partial charge in [0, 0.05) is 37.0 Å². The van der Waals surface area contributed by atoms with Crippen molar-refractivity contribution in [2.24, 2.45) is 5.92 Å². The summed E-state index contributed by atoms with van der Waals surface area (Å²) < 4.78 is 16.9. The lowest BCUT2D eigenvalue weighted by molar-refractivity contribution is 0.212. The fourth-order valence-electron chi connectivity index (χ4n) is 4.15. The highest BCUT2D eigenvalue weighted by Gasteiger charge is 2.38. The highest BCUT2D eigenvalue weighted by atomic mass is 16.5. The molecule has 2 aromatic rings. The zero-order valence-electron chi connectivity index (χ0n) is 14.2. The first kappa shape index (κ1) is 15.3. The molecule has 1 fully saturated rings. The van der Waals surface area contributed by atoms with Crippen molar-refractivity contribution in [2.75, 3.05) is 19.7 Å². The molecular formula is C21H18N2O3. The SMILES string of the molecule is N#Cc1ccc2c(c1)C1CN(Cc3ccc4c(c3)OC=CO4)CC1CO2. The molecule has 2 atom stereocenters. The van der Waals surface area contributed by atoms with E-state index in [4.69, 9.17) is 14.2 Å². The second-order valence-electron chi connectivity index (χ2n) is 7.03. The highest BCUT2D eigenvalue weighted by Crippen LogP contribution is 2.42. The van der Waals surface area contributed by atoms with Crippen LogP contribution in [-0.2, 0) is 6.54 Å². The first-order valence-corrected chi connectivity index (χ1v) is 8.80. The number of nitrogens with zero attached hydrogens (tertiary/aromatic N) is 2. The predicted octanol–water partition coefficient (Wildman–Crippen LogP) is 3.41. The second kappa shape index (κ2) is 6.08. The number of likely N-dealkylation sites (tertiary alicyclic amines) is 1. The third-order valence-corrected chi connectivity index (χ3v) is 5.37. The number of rotatable bonds is 2. The molecule has 0 radical (unpaired) electrons. The number of nitriles is 1. The Kier molecular flexibility index (Phi) is 3.58. The van der Waals surface area contributed by atoms with Gasteiger partial charge in [-0.05, 0) is 35.9 Å². The average Bonchev–Trinajstić information content (AvgIpc) is 3.10. The molecule has 0 saturated carbocycles. The van der Waals surface area contributed by atoms with E-state index in [1.807, 2.05) is 30.3 Å². The van der Waals surface area contributed by atoms with Gasteiger partial charge in [-0.25, -0.2) is 0 Å². The Bertz CT molecular complexity index is 931. The summed E-state index contributed by atoms with van der Waals surface area (Å²) in [5.74, 6) is 3.33. The van der Waals surface area contributed by atoms with Gasteiger partial charge in [0.15, 0.2) is 11.5 Å². The monoisotopic (exact) mass is 346 g/mol. The van der Waals surface area contributed by atoms with Crippen LogP contribution >= 0.6 is 0 Å². The molecule has 0 aromatic heterocycles. The zero-order valence-corrected chi connectivity index (χ0v) is 14.2. The van der Waals surface area contributed by atoms with Crippen LogP contribution in [0.2, 0.25) is 0 Å². The number of fused-ring (bicyclic) bond motifs is 4. The van der Waals surface area contributed by atoms with Gasteiger partial charge in [0.1, 0.15) is 18.3 Å². The molecule has 130 valence electrons. The van der Waals surface area contributed by atoms with E-state index in [1.54, 1.807) is 12.5 Å². The van der Waals surface area contributed by atoms with Gasteiger partial charge in [-0.1, -0.05) is 6.07 Å². The summed E-state index contributed by atoms with van der Waals surface area (Å²) in [7, 11) is 0. The molecule has 0 aliphatic carbocycles. The molecule has 26 heavy (non-hydrogen) atoms. The Morgan fingerprint density at radius 1 is 1.00 bits per heavy atom. The molecule has 1 saturated heterocycles. The molecule has 3 aliphatic heterocycles. The molecule has 3 heterocycles. The van der Waals surface area contributed by atoms with Crippen molar-refractivity contribution in [3.05, 3.63) is 65.6 Å². The third kappa shape index (κ3) is 2.59. The standard InChI is InChI=1S/C21H18N2O3/c22-9-14-1-3-19-17(7-14)18-12-23(11-16(18)13-26-19)10-15-2-4-20-21(8-15)25-6-5-24-20/h1-8,16,18H,10-13H2. The van der Waals surface area contributed by atoms with Crippen molar-refractivity contribution < 1.29 is 14.2 Å². The summed E-state index contributed by atoms with van der Waals surface area (Å²) in [6.45, 7) is 3.58. The molecule has 0 bridgehead atoms. The van der Waals surface area contributed by atoms with E-state index in [0.717, 1.165) is 43.5 Å². The number of benzene rings is 2. The lowest BCUT2D eigenvalue weighted by atomic mass is 9.86. The summed E-state index contributed by atoms with van der Waals surface area (Å²) in [4.78, 5) is 2.45. The molecule has 3 aliphatic rings. The lowest BCUT2D eigenvalue weighted by Gasteiger charge is -2.27. The van der Waals surface area contributed by atoms with Crippen LogP contribution in [0.5, 0.6) is 17.2 Å². The minimum atomic E-state index is 0.423. The van der Waals surface area contributed by atoms with Crippen molar-refractivity contribution >= 4 is 0 Å². The lowest BCUT2D eigenvalue weighted by Crippen LogP contribution is -2.25. The van der Waals surface area contributed by atoms with Crippen LogP contribution in [-0.4, -0.2) is 24.6 Å². The molecule has 0 amide bonds. The normalized spacial score (nSPS) is 22.9. The fraction of sp³-hybridized carbons (Fsp3) is 0.286. The van der Waals surface area contributed by atoms with Crippen molar-refractivity contribution in [3.63, 3.8) is 0 Å². The van der Waals surface area contributed by atoms with Gasteiger partial charge >= 0.3 is 0 Å². The molecule has 5 rings (SSSR count). The van der Waals surface area contributed by atoms with Gasteiger partial charge in [-0.2, -0.15) is 5.26 Å². The van der Waals surface area contributed by atoms with Gasteiger partial charge in [0.05, 0.1) is 18.2 Å². The van der Waals surface area contributed by atoms with E-state index >= 15 is 0 Å². The summed E-state index contributed by atoms with van der Waals surface area (Å²) >= 11 is 0. The quantitative estimate of drug-likeness (QED) is 0.834. The van der Waals surface area contributed by atoms with E-state index in [2.05, 4.69) is 17.0 Å². The average molecular weight is 346 g/mol. The van der Waals surface area contributed by atoms with Crippen LogP contribution in [0.1, 0.15) is 22.6 Å². The maximum atomic E-state index is 9.20. The van der Waals surface area contributed by atoms with Gasteiger partial charge < -0.3 is 14.2 Å². The predicted molar refractivity (Wildman–Crippen MR) is 95.0 cm³/mol. The molecular weight excluding hydrogens is 328 g/mol. The van der Waals surface area contributed by atoms with E-state index in [-0.39, 0.29) is 0 Å². The van der Waals surface area contributed by atoms with Gasteiger partial charge in [0.2, 0.25) is 0 Å². The summed E-state index contributed by atoms with van der Waals surface area (Å²) in [6.07, 6.45) is 3.09. The molecule has 2 aromatic carbocycles. The van der Waals surface area contributed by atoms with Crippen molar-refractivity contribution in [2.45, 2.75) is 12.5 Å². The third-order valence-electron chi connectivity index (χ3n) is 5.37. The summed E-state index contributed by atoms with van der Waals surface area (Å²) in [5.41, 5.74) is 3.08. The van der Waals surface area contributed by atoms with Crippen LogP contribution < -0.4 is 14.2 Å². The summed E-state index contributed by atoms with van der Waals surface area (Å²) in [5, 5.41) is 9.20. The van der Waals surface area contributed by atoms with E-state index in [9.17, 15) is 5.26 Å². The zero-order chi connectivity index (χ0) is 17.5. The molecule has 5 heteroatoms. The van der Waals surface area contributed by atoms with E-state index < -0.39 is 0 Å². The maximum Gasteiger partial charge on any atom is 0.169 e. The second-order valence-corrected chi connectivity index (χ2v) is 7.03. The Morgan fingerprint density at radius 2 is 1.85 bits per heavy atom. The topological polar surface area (TPSA) is 54.7 Å². The fourth-order valence-corrected chi connectivity index (χ4v) is 4.15. The maximum absolute atomic E-state index is 9.20. The summed E-state index contributed by atoms with van der Waals surface area (Å²) in [6, 6.07) is 14.1. The van der Waals surface area contributed by atoms with Gasteiger partial charge in [-0.3, -0.25) is 4.90 Å². The van der Waals surface area contributed by atoms with E-state index in [0.29, 0.717) is 17.4 Å². The van der Waals surface area contributed by atoms with Crippen molar-refractivity contribution in [3.8, 4) is 23.3 Å². The number of ether oxygens (including phenoxy) is 3. The Balaban J connectivity index is 1.35. The largest absolute Gasteiger partial charge is 0.493 e. The van der Waals surface area contributed by atoms with Crippen LogP contribution in [0.15, 0.2) is 48.9 Å². The molecule has 2 unspecified atom stereocenters. The van der Waals surface area contributed by atoms with E-state index in [1.165, 1.54) is 11.1 Å². The highest BCUT2D eigenvalue weighted by molar-refractivity contribution is 5.47. The van der Waals surface area contributed by atoms with Crippen molar-refractivity contribution in [1.82, 2.24) is 4.90 Å². The van der Waals surface area contributed by atoms with Crippen LogP contribution in [0, 0.1) is 17.2 Å². The first-order valence-electron chi connectivity index (χ1n) is 8.80. The molecule has 0 spiro atoms. The number of hydrogen-bond donors (Lipinski definition) is 0. The Morgan fingerprint density at radius 3 is 2.73 bits per heavy atom. The van der Waals surface area contributed by atoms with Crippen molar-refractivity contribution in [1.29, 1.82) is 5.26 Å². The van der Waals surface area contributed by atoms with Crippen LogP contribution in [0.25, 0.3) is 0 Å². The van der Waals surface area contributed by atoms with Gasteiger partial charge in [0.25, 0.3) is 0 Å². The minimum Gasteiger partial charge on any atom is -0.493 e.